The quantitative estimate of drug-likeness (QED) is 0.0814. The first-order valence-corrected chi connectivity index (χ1v) is 23.7. The fourth-order valence-electron chi connectivity index (χ4n) is 9.31. The zero-order valence-electron chi connectivity index (χ0n) is 35.7. The molecule has 322 valence electrons. The van der Waals surface area contributed by atoms with E-state index in [1.165, 1.54) is 32.4 Å². The number of hydrogen-bond acceptors (Lipinski definition) is 14. The van der Waals surface area contributed by atoms with E-state index in [9.17, 15) is 19.2 Å². The summed E-state index contributed by atoms with van der Waals surface area (Å²) < 4.78 is 11.0. The van der Waals surface area contributed by atoms with Crippen LogP contribution in [0, 0.1) is 0 Å². The summed E-state index contributed by atoms with van der Waals surface area (Å²) in [5.74, 6) is -1.02. The number of nitrogens with zero attached hydrogens (tertiary/aromatic N) is 4. The number of carbonyl (C=O) groups is 4. The van der Waals surface area contributed by atoms with Crippen molar-refractivity contribution in [2.75, 3.05) is 50.2 Å². The largest absolute Gasteiger partial charge is 0.462 e. The van der Waals surface area contributed by atoms with Crippen LogP contribution in [0.25, 0.3) is 0 Å². The molecule has 14 heteroatoms. The Balaban J connectivity index is 1.24. The number of rotatable bonds is 16. The molecule has 60 heavy (non-hydrogen) atoms. The highest BCUT2D eigenvalue weighted by Gasteiger charge is 2.34. The van der Waals surface area contributed by atoms with E-state index in [1.54, 1.807) is 13.8 Å². The van der Waals surface area contributed by atoms with Gasteiger partial charge in [0.2, 0.25) is 0 Å². The lowest BCUT2D eigenvalue weighted by atomic mass is 9.91. The molecule has 2 aliphatic carbocycles. The van der Waals surface area contributed by atoms with Gasteiger partial charge < -0.3 is 9.47 Å². The minimum atomic E-state index is -0.424. The van der Waals surface area contributed by atoms with E-state index in [2.05, 4.69) is 44.9 Å². The van der Waals surface area contributed by atoms with Crippen LogP contribution in [0.3, 0.4) is 0 Å². The molecule has 0 radical (unpaired) electrons. The monoisotopic (exact) mass is 856 g/mol. The van der Waals surface area contributed by atoms with E-state index in [4.69, 9.17) is 19.7 Å². The van der Waals surface area contributed by atoms with Crippen molar-refractivity contribution in [2.45, 2.75) is 130 Å². The van der Waals surface area contributed by atoms with Gasteiger partial charge in [0.15, 0.2) is 11.6 Å². The Labute approximate surface area is 362 Å². The van der Waals surface area contributed by atoms with Gasteiger partial charge in [0.05, 0.1) is 36.4 Å². The van der Waals surface area contributed by atoms with E-state index in [-0.39, 0.29) is 36.7 Å². The highest BCUT2D eigenvalue weighted by atomic mass is 32.1. The number of nitrogens with one attached hydrogen (secondary N) is 2. The Morgan fingerprint density at radius 1 is 0.583 bits per heavy atom. The van der Waals surface area contributed by atoms with Gasteiger partial charge in [-0.2, -0.15) is 10.2 Å². The Bertz CT molecular complexity index is 1950. The van der Waals surface area contributed by atoms with Crippen LogP contribution in [-0.2, 0) is 44.7 Å². The molecule has 0 spiro atoms. The zero-order valence-corrected chi connectivity index (χ0v) is 37.3. The van der Waals surface area contributed by atoms with Crippen molar-refractivity contribution in [3.8, 4) is 0 Å². The SMILES string of the molecule is CCOC(=O)c1c(N/N=C(\C(C)=O)C(c2ccc(C(/C(=N/Nc3sc4c(c3C(=O)OCC)CCCC4)C(C)=O)N3CCCCC3)cc2)N2CCCCC2)sc2c1CCCC2. The van der Waals surface area contributed by atoms with E-state index < -0.39 is 12.1 Å². The summed E-state index contributed by atoms with van der Waals surface area (Å²) in [4.78, 5) is 60.9. The standard InChI is InChI=1S/C46H60N6O6S2/c1-5-57-45(55)37-33-17-9-11-19-35(33)59-43(37)49-47-39(29(3)53)41(51-25-13-7-14-26-51)31-21-23-32(24-22-31)42(52-27-15-8-16-28-52)40(30(4)54)48-50-44-38(46(56)58-6-2)34-18-10-12-20-36(34)60-44/h21-24,41-42,49-50H,5-20,25-28H2,1-4H3/b47-39+,48-40+. The van der Waals surface area contributed by atoms with E-state index in [1.807, 2.05) is 13.8 Å². The second kappa shape index (κ2) is 20.5. The summed E-state index contributed by atoms with van der Waals surface area (Å²) in [7, 11) is 0. The number of esters is 2. The molecule has 2 aromatic heterocycles. The van der Waals surface area contributed by atoms with E-state index >= 15 is 0 Å². The lowest BCUT2D eigenvalue weighted by molar-refractivity contribution is -0.112. The van der Waals surface area contributed by atoms with Crippen LogP contribution in [-0.4, -0.2) is 84.1 Å². The summed E-state index contributed by atoms with van der Waals surface area (Å²) in [5, 5.41) is 10.9. The van der Waals surface area contributed by atoms with Gasteiger partial charge in [-0.1, -0.05) is 37.1 Å². The summed E-state index contributed by atoms with van der Waals surface area (Å²) in [6.45, 7) is 10.6. The van der Waals surface area contributed by atoms with Crippen LogP contribution in [0.1, 0.15) is 157 Å². The molecule has 3 aromatic rings. The molecule has 0 amide bonds. The molecule has 2 atom stereocenters. The molecule has 2 fully saturated rings. The molecule has 1 aromatic carbocycles. The molecular weight excluding hydrogens is 797 g/mol. The number of likely N-dealkylation sites (tertiary alicyclic amines) is 2. The molecule has 2 aliphatic heterocycles. The van der Waals surface area contributed by atoms with Crippen LogP contribution in [0.15, 0.2) is 34.5 Å². The Kier molecular flexibility index (Phi) is 15.0. The number of thiophene rings is 2. The van der Waals surface area contributed by atoms with Crippen molar-refractivity contribution in [3.63, 3.8) is 0 Å². The third kappa shape index (κ3) is 9.77. The number of ether oxygens (including phenoxy) is 2. The summed E-state index contributed by atoms with van der Waals surface area (Å²) in [6, 6.07) is 7.41. The van der Waals surface area contributed by atoms with Gasteiger partial charge in [-0.3, -0.25) is 30.2 Å². The average Bonchev–Trinajstić information content (AvgIpc) is 3.83. The number of benzene rings is 1. The molecule has 7 rings (SSSR count). The Morgan fingerprint density at radius 3 is 1.30 bits per heavy atom. The maximum absolute atomic E-state index is 13.7. The third-order valence-corrected chi connectivity index (χ3v) is 14.6. The van der Waals surface area contributed by atoms with Crippen LogP contribution >= 0.6 is 22.7 Å². The fraction of sp³-hybridized carbons (Fsp3) is 0.565. The molecule has 0 saturated carbocycles. The molecule has 4 heterocycles. The topological polar surface area (TPSA) is 142 Å². The first kappa shape index (κ1) is 43.8. The maximum atomic E-state index is 13.7. The summed E-state index contributed by atoms with van der Waals surface area (Å²) in [5.41, 5.74) is 12.2. The molecule has 0 bridgehead atoms. The van der Waals surface area contributed by atoms with Gasteiger partial charge >= 0.3 is 11.9 Å². The second-order valence-electron chi connectivity index (χ2n) is 16.3. The Hall–Kier alpha value is -4.24. The van der Waals surface area contributed by atoms with Gasteiger partial charge in [0.25, 0.3) is 0 Å². The molecular formula is C46H60N6O6S2. The van der Waals surface area contributed by atoms with Gasteiger partial charge in [-0.25, -0.2) is 9.59 Å². The van der Waals surface area contributed by atoms with Crippen molar-refractivity contribution in [2.24, 2.45) is 10.2 Å². The molecule has 12 nitrogen and oxygen atoms in total. The number of Topliss-reactive ketones (excluding diaryl/α,β-unsaturated/α-hetero) is 2. The number of carbonyl (C=O) groups excluding carboxylic acids is 4. The van der Waals surface area contributed by atoms with Crippen molar-refractivity contribution in [1.29, 1.82) is 0 Å². The lowest BCUT2D eigenvalue weighted by Gasteiger charge is -2.36. The second-order valence-corrected chi connectivity index (χ2v) is 18.5. The summed E-state index contributed by atoms with van der Waals surface area (Å²) >= 11 is 3.07. The van der Waals surface area contributed by atoms with Gasteiger partial charge in [-0.05, 0) is 139 Å². The van der Waals surface area contributed by atoms with Crippen molar-refractivity contribution >= 4 is 67.6 Å². The van der Waals surface area contributed by atoms with Crippen LogP contribution in [0.2, 0.25) is 0 Å². The van der Waals surface area contributed by atoms with Crippen molar-refractivity contribution < 1.29 is 28.7 Å². The van der Waals surface area contributed by atoms with Crippen LogP contribution in [0.5, 0.6) is 0 Å². The molecule has 2 saturated heterocycles. The highest BCUT2D eigenvalue weighted by Crippen LogP contribution is 2.41. The number of ketones is 2. The predicted molar refractivity (Wildman–Crippen MR) is 240 cm³/mol. The van der Waals surface area contributed by atoms with E-state index in [0.29, 0.717) is 32.6 Å². The van der Waals surface area contributed by atoms with Crippen LogP contribution < -0.4 is 10.9 Å². The molecule has 4 aliphatic rings. The molecule has 2 N–H and O–H groups in total. The minimum Gasteiger partial charge on any atom is -0.462 e. The molecule has 2 unspecified atom stereocenters. The normalized spacial score (nSPS) is 18.8. The fourth-order valence-corrected chi connectivity index (χ4v) is 11.8. The number of piperidine rings is 2. The maximum Gasteiger partial charge on any atom is 0.341 e. The number of hydrogen-bond donors (Lipinski definition) is 2. The number of hydrazone groups is 2. The van der Waals surface area contributed by atoms with Crippen LogP contribution in [0.4, 0.5) is 10.0 Å². The number of fused-ring (bicyclic) bond motifs is 2. The minimum absolute atomic E-state index is 0.151. The zero-order chi connectivity index (χ0) is 42.2. The van der Waals surface area contributed by atoms with Gasteiger partial charge in [0.1, 0.15) is 21.4 Å². The smallest absolute Gasteiger partial charge is 0.341 e. The number of aryl methyl sites for hydroxylation is 2. The van der Waals surface area contributed by atoms with Crippen molar-refractivity contribution in [3.05, 3.63) is 67.4 Å². The third-order valence-electron chi connectivity index (χ3n) is 12.2. The lowest BCUT2D eigenvalue weighted by Crippen LogP contribution is -2.41. The van der Waals surface area contributed by atoms with Gasteiger partial charge in [0, 0.05) is 23.6 Å². The predicted octanol–water partition coefficient (Wildman–Crippen LogP) is 9.09. The highest BCUT2D eigenvalue weighted by molar-refractivity contribution is 7.17. The number of anilines is 2. The Morgan fingerprint density at radius 2 is 0.950 bits per heavy atom. The first-order chi connectivity index (χ1) is 29.2. The van der Waals surface area contributed by atoms with Crippen molar-refractivity contribution in [1.82, 2.24) is 9.80 Å². The summed E-state index contributed by atoms with van der Waals surface area (Å²) in [6.07, 6.45) is 14.0. The first-order valence-electron chi connectivity index (χ1n) is 22.1. The van der Waals surface area contributed by atoms with Gasteiger partial charge in [-0.15, -0.1) is 22.7 Å². The van der Waals surface area contributed by atoms with E-state index in [0.717, 1.165) is 138 Å². The average molecular weight is 857 g/mol.